The second-order valence-electron chi connectivity index (χ2n) is 2.71. The van der Waals surface area contributed by atoms with E-state index in [0.29, 0.717) is 23.8 Å². The van der Waals surface area contributed by atoms with Gasteiger partial charge in [-0.05, 0) is 57.7 Å². The van der Waals surface area contributed by atoms with E-state index in [2.05, 4.69) is 6.07 Å². The van der Waals surface area contributed by atoms with Crippen LogP contribution in [-0.2, 0) is 0 Å². The van der Waals surface area contributed by atoms with Crippen LogP contribution < -0.4 is 0 Å². The van der Waals surface area contributed by atoms with E-state index in [0.717, 1.165) is 5.56 Å². The van der Waals surface area contributed by atoms with E-state index in [1.807, 2.05) is 57.3 Å². The van der Waals surface area contributed by atoms with Gasteiger partial charge in [0.1, 0.15) is 18.2 Å². The fourth-order valence-corrected chi connectivity index (χ4v) is 2.72. The molecule has 72 valence electrons. The van der Waals surface area contributed by atoms with Gasteiger partial charge in [0.15, 0.2) is 0 Å². The molecule has 0 N–H and O–H groups in total. The zero-order valence-corrected chi connectivity index (χ0v) is 11.9. The molecule has 0 amide bonds. The van der Waals surface area contributed by atoms with E-state index in [9.17, 15) is 0 Å². The topological polar surface area (TPSA) is 71.4 Å². The van der Waals surface area contributed by atoms with Gasteiger partial charge in [0.25, 0.3) is 0 Å². The summed E-state index contributed by atoms with van der Waals surface area (Å²) in [6, 6.07) is 6.03. The Kier molecular flexibility index (Phi) is 3.90. The molecule has 0 radical (unpaired) electrons. The van der Waals surface area contributed by atoms with Gasteiger partial charge >= 0.3 is 0 Å². The van der Waals surface area contributed by atoms with Gasteiger partial charge in [-0.3, -0.25) is 0 Å². The van der Waals surface area contributed by atoms with Gasteiger partial charge in [0.05, 0.1) is 20.3 Å². The van der Waals surface area contributed by atoms with Crippen LogP contribution in [-0.4, -0.2) is 0 Å². The number of nitrogens with zero attached hydrogens (tertiary/aromatic N) is 3. The molecule has 0 bridgehead atoms. The van der Waals surface area contributed by atoms with E-state index >= 15 is 0 Å². The molecule has 1 rings (SSSR count). The van der Waals surface area contributed by atoms with Crippen LogP contribution in [0.25, 0.3) is 0 Å². The molecule has 0 unspecified atom stereocenters. The molecule has 15 heavy (non-hydrogen) atoms. The Morgan fingerprint density at radius 3 is 1.60 bits per heavy atom. The Labute approximate surface area is 115 Å². The van der Waals surface area contributed by atoms with Crippen LogP contribution in [0.3, 0.4) is 0 Å². The van der Waals surface area contributed by atoms with Gasteiger partial charge < -0.3 is 0 Å². The highest BCUT2D eigenvalue weighted by Gasteiger charge is 2.18. The van der Waals surface area contributed by atoms with Gasteiger partial charge in [-0.15, -0.1) is 0 Å². The summed E-state index contributed by atoms with van der Waals surface area (Å²) in [5, 5.41) is 26.9. The summed E-state index contributed by atoms with van der Waals surface area (Å²) in [5.41, 5.74) is 1.90. The number of hydrogen-bond acceptors (Lipinski definition) is 3. The monoisotopic (exact) mass is 419 g/mol. The van der Waals surface area contributed by atoms with Gasteiger partial charge in [-0.1, -0.05) is 0 Å². The maximum atomic E-state index is 8.96. The number of benzene rings is 1. The van der Waals surface area contributed by atoms with Crippen LogP contribution in [0.15, 0.2) is 0 Å². The van der Waals surface area contributed by atoms with Crippen LogP contribution in [0.1, 0.15) is 22.3 Å². The Balaban J connectivity index is 3.88. The fraction of sp³-hybridized carbons (Fsp3) is 0.100. The Morgan fingerprint density at radius 1 is 0.800 bits per heavy atom. The van der Waals surface area contributed by atoms with Gasteiger partial charge in [-0.2, -0.15) is 15.8 Å². The summed E-state index contributed by atoms with van der Waals surface area (Å²) in [5.74, 6) is 0. The van der Waals surface area contributed by atoms with E-state index in [1.54, 1.807) is 6.92 Å². The molecule has 0 aliphatic carbocycles. The highest BCUT2D eigenvalue weighted by Crippen LogP contribution is 2.28. The summed E-state index contributed by atoms with van der Waals surface area (Å²) < 4.78 is 1.25. The normalized spacial score (nSPS) is 8.80. The van der Waals surface area contributed by atoms with Crippen LogP contribution >= 0.6 is 45.2 Å². The number of rotatable bonds is 0. The van der Waals surface area contributed by atoms with E-state index < -0.39 is 0 Å². The van der Waals surface area contributed by atoms with E-state index in [-0.39, 0.29) is 0 Å². The smallest absolute Gasteiger partial charge is 0.102 e. The lowest BCUT2D eigenvalue weighted by atomic mass is 10.0. The summed E-state index contributed by atoms with van der Waals surface area (Å²) in [6.07, 6.45) is 0. The van der Waals surface area contributed by atoms with Crippen LogP contribution in [0.2, 0.25) is 0 Å². The minimum atomic E-state index is 0.296. The third-order valence-corrected chi connectivity index (χ3v) is 4.38. The molecule has 1 aromatic rings. The van der Waals surface area contributed by atoms with Crippen molar-refractivity contribution in [1.82, 2.24) is 0 Å². The predicted molar refractivity (Wildman–Crippen MR) is 70.8 cm³/mol. The standard InChI is InChI=1S/C10H3I2N3/c1-5-6(2-13)10(12)8(4-15)7(3-14)9(5)11/h1H3. The minimum Gasteiger partial charge on any atom is -0.192 e. The third kappa shape index (κ3) is 1.92. The quantitative estimate of drug-likeness (QED) is 0.608. The van der Waals surface area contributed by atoms with E-state index in [4.69, 9.17) is 15.8 Å². The lowest BCUT2D eigenvalue weighted by molar-refractivity contribution is 1.29. The largest absolute Gasteiger partial charge is 0.192 e. The van der Waals surface area contributed by atoms with Crippen molar-refractivity contribution in [2.45, 2.75) is 6.92 Å². The zero-order chi connectivity index (χ0) is 11.6. The second kappa shape index (κ2) is 4.78. The number of nitriles is 3. The minimum absolute atomic E-state index is 0.296. The molecule has 0 aliphatic rings. The van der Waals surface area contributed by atoms with Crippen molar-refractivity contribution in [3.05, 3.63) is 29.4 Å². The van der Waals surface area contributed by atoms with Crippen molar-refractivity contribution in [2.75, 3.05) is 0 Å². The SMILES string of the molecule is Cc1c(I)c(C#N)c(C#N)c(I)c1C#N. The molecule has 5 heteroatoms. The van der Waals surface area contributed by atoms with Crippen molar-refractivity contribution < 1.29 is 0 Å². The van der Waals surface area contributed by atoms with Crippen molar-refractivity contribution in [3.63, 3.8) is 0 Å². The Morgan fingerprint density at radius 2 is 1.20 bits per heavy atom. The average Bonchev–Trinajstić information content (AvgIpc) is 2.23. The molecule has 0 fully saturated rings. The molecule has 1 aromatic carbocycles. The van der Waals surface area contributed by atoms with E-state index in [1.165, 1.54) is 0 Å². The van der Waals surface area contributed by atoms with Crippen LogP contribution in [0.4, 0.5) is 0 Å². The first kappa shape index (κ1) is 12.2. The molecule has 0 saturated carbocycles. The summed E-state index contributed by atoms with van der Waals surface area (Å²) in [7, 11) is 0. The first-order valence-electron chi connectivity index (χ1n) is 3.80. The first-order chi connectivity index (χ1) is 7.08. The second-order valence-corrected chi connectivity index (χ2v) is 4.87. The van der Waals surface area contributed by atoms with Crippen molar-refractivity contribution >= 4 is 45.2 Å². The average molecular weight is 419 g/mol. The highest BCUT2D eigenvalue weighted by molar-refractivity contribution is 14.1. The molecule has 0 spiro atoms. The Hall–Kier alpha value is -0.850. The maximum absolute atomic E-state index is 8.96. The zero-order valence-electron chi connectivity index (χ0n) is 7.60. The van der Waals surface area contributed by atoms with Crippen LogP contribution in [0.5, 0.6) is 0 Å². The lowest BCUT2D eigenvalue weighted by Crippen LogP contribution is -2.01. The first-order valence-corrected chi connectivity index (χ1v) is 5.96. The summed E-state index contributed by atoms with van der Waals surface area (Å²) >= 11 is 3.92. The molecule has 0 atom stereocenters. The number of hydrogen-bond donors (Lipinski definition) is 0. The molecule has 0 aromatic heterocycles. The highest BCUT2D eigenvalue weighted by atomic mass is 127. The van der Waals surface area contributed by atoms with Gasteiger partial charge in [-0.25, -0.2) is 0 Å². The number of halogens is 2. The van der Waals surface area contributed by atoms with Gasteiger partial charge in [0, 0.05) is 3.57 Å². The summed E-state index contributed by atoms with van der Waals surface area (Å²) in [4.78, 5) is 0. The Bertz CT molecular complexity index is 556. The van der Waals surface area contributed by atoms with Crippen LogP contribution in [0, 0.1) is 48.1 Å². The molecular formula is C10H3I2N3. The molecule has 0 aliphatic heterocycles. The maximum Gasteiger partial charge on any atom is 0.102 e. The lowest BCUT2D eigenvalue weighted by Gasteiger charge is -2.08. The summed E-state index contributed by atoms with van der Waals surface area (Å²) in [6.45, 7) is 1.78. The molecule has 0 saturated heterocycles. The molecule has 0 heterocycles. The van der Waals surface area contributed by atoms with Crippen molar-refractivity contribution in [1.29, 1.82) is 15.8 Å². The van der Waals surface area contributed by atoms with Gasteiger partial charge in [0.2, 0.25) is 0 Å². The third-order valence-electron chi connectivity index (χ3n) is 1.95. The fourth-order valence-electron chi connectivity index (χ4n) is 1.15. The van der Waals surface area contributed by atoms with Crippen molar-refractivity contribution in [3.8, 4) is 18.2 Å². The molecular weight excluding hydrogens is 416 g/mol. The molecule has 3 nitrogen and oxygen atoms in total. The predicted octanol–water partition coefficient (Wildman–Crippen LogP) is 2.82. The van der Waals surface area contributed by atoms with Crippen molar-refractivity contribution in [2.24, 2.45) is 0 Å².